The molecule has 2 atom stereocenters. The lowest BCUT2D eigenvalue weighted by atomic mass is 10.2. The van der Waals surface area contributed by atoms with Gasteiger partial charge >= 0.3 is 10.4 Å². The van der Waals surface area contributed by atoms with Crippen LogP contribution in [0.1, 0.15) is 6.92 Å². The first-order chi connectivity index (χ1) is 4.87. The fourth-order valence-corrected chi connectivity index (χ4v) is 0.879. The normalized spacial score (nSPS) is 17.4. The summed E-state index contributed by atoms with van der Waals surface area (Å²) >= 11 is 0. The number of hydrogen-bond donors (Lipinski definition) is 2. The van der Waals surface area contributed by atoms with Crippen LogP contribution in [0.3, 0.4) is 0 Å². The molecule has 0 saturated carbocycles. The molecule has 0 unspecified atom stereocenters. The molecule has 0 aliphatic heterocycles. The minimum absolute atomic E-state index is 0.329. The van der Waals surface area contributed by atoms with E-state index in [1.165, 1.54) is 6.92 Å². The molecule has 6 nitrogen and oxygen atoms in total. The Morgan fingerprint density at radius 3 is 2.36 bits per heavy atom. The third kappa shape index (κ3) is 4.85. The highest BCUT2D eigenvalue weighted by Crippen LogP contribution is 1.98. The van der Waals surface area contributed by atoms with Gasteiger partial charge in [0.25, 0.3) is 0 Å². The van der Waals surface area contributed by atoms with Gasteiger partial charge in [-0.3, -0.25) is 4.55 Å². The highest BCUT2D eigenvalue weighted by molar-refractivity contribution is 7.80. The largest absolute Gasteiger partial charge is 0.397 e. The molecule has 7 heteroatoms. The Bertz CT molecular complexity index is 223. The van der Waals surface area contributed by atoms with Crippen molar-refractivity contribution in [3.63, 3.8) is 0 Å². The minimum atomic E-state index is -4.52. The predicted molar refractivity (Wildman–Crippen MR) is 36.1 cm³/mol. The van der Waals surface area contributed by atoms with Crippen LogP contribution < -0.4 is 5.73 Å². The fourth-order valence-electron chi connectivity index (χ4n) is 0.367. The summed E-state index contributed by atoms with van der Waals surface area (Å²) < 4.78 is 32.1. The first kappa shape index (κ1) is 10.5. The smallest absolute Gasteiger partial charge is 0.320 e. The number of carbonyl (C=O) groups excluding carboxylic acids is 1. The van der Waals surface area contributed by atoms with E-state index in [4.69, 9.17) is 10.3 Å². The number of carbonyl (C=O) groups is 1. The van der Waals surface area contributed by atoms with E-state index in [0.717, 1.165) is 0 Å². The van der Waals surface area contributed by atoms with Crippen molar-refractivity contribution in [1.29, 1.82) is 0 Å². The van der Waals surface area contributed by atoms with Crippen molar-refractivity contribution in [2.24, 2.45) is 5.73 Å². The highest BCUT2D eigenvalue weighted by Gasteiger charge is 2.18. The molecule has 0 radical (unpaired) electrons. The maximum absolute atomic E-state index is 10.0. The Kier molecular flexibility index (Phi) is 3.59. The third-order valence-corrected chi connectivity index (χ3v) is 1.52. The molecule has 0 heterocycles. The van der Waals surface area contributed by atoms with E-state index < -0.39 is 22.5 Å². The Morgan fingerprint density at radius 2 is 2.09 bits per heavy atom. The minimum Gasteiger partial charge on any atom is -0.320 e. The van der Waals surface area contributed by atoms with E-state index in [2.05, 4.69) is 4.18 Å². The summed E-state index contributed by atoms with van der Waals surface area (Å²) in [7, 11) is -4.52. The number of aldehydes is 1. The molecule has 0 fully saturated rings. The third-order valence-electron chi connectivity index (χ3n) is 0.973. The van der Waals surface area contributed by atoms with E-state index >= 15 is 0 Å². The van der Waals surface area contributed by atoms with Gasteiger partial charge in [-0.05, 0) is 6.92 Å². The standard InChI is InChI=1S/C4H9NO5S/c1-3(4(5)2-6)10-11(7,8)9/h2-4H,5H2,1H3,(H,7,8,9)/t3-,4-/m1/s1. The molecule has 0 saturated heterocycles. The second-order valence-electron chi connectivity index (χ2n) is 1.94. The van der Waals surface area contributed by atoms with Crippen molar-refractivity contribution in [2.75, 3.05) is 0 Å². The first-order valence-electron chi connectivity index (χ1n) is 2.73. The lowest BCUT2D eigenvalue weighted by Crippen LogP contribution is -2.37. The zero-order valence-corrected chi connectivity index (χ0v) is 6.61. The molecule has 0 aromatic heterocycles. The van der Waals surface area contributed by atoms with Gasteiger partial charge in [0.1, 0.15) is 6.29 Å². The van der Waals surface area contributed by atoms with Crippen LogP contribution in [-0.4, -0.2) is 31.4 Å². The molecule has 0 aromatic carbocycles. The maximum atomic E-state index is 10.0. The van der Waals surface area contributed by atoms with Crippen LogP contribution in [0.15, 0.2) is 0 Å². The van der Waals surface area contributed by atoms with Crippen LogP contribution >= 0.6 is 0 Å². The van der Waals surface area contributed by atoms with Crippen molar-refractivity contribution in [2.45, 2.75) is 19.1 Å². The van der Waals surface area contributed by atoms with Crippen molar-refractivity contribution >= 4 is 16.7 Å². The Balaban J connectivity index is 4.08. The summed E-state index contributed by atoms with van der Waals surface area (Å²) in [6.07, 6.45) is -0.724. The van der Waals surface area contributed by atoms with Crippen molar-refractivity contribution in [1.82, 2.24) is 0 Å². The molecular weight excluding hydrogens is 174 g/mol. The van der Waals surface area contributed by atoms with Crippen molar-refractivity contribution in [3.05, 3.63) is 0 Å². The molecule has 0 aliphatic carbocycles. The van der Waals surface area contributed by atoms with Gasteiger partial charge < -0.3 is 10.5 Å². The van der Waals surface area contributed by atoms with Crippen molar-refractivity contribution < 1.29 is 21.9 Å². The lowest BCUT2D eigenvalue weighted by molar-refractivity contribution is -0.110. The van der Waals surface area contributed by atoms with Gasteiger partial charge in [-0.1, -0.05) is 0 Å². The van der Waals surface area contributed by atoms with Gasteiger partial charge in [-0.15, -0.1) is 0 Å². The Morgan fingerprint density at radius 1 is 1.64 bits per heavy atom. The molecule has 0 rings (SSSR count). The predicted octanol–water partition coefficient (Wildman–Crippen LogP) is -1.28. The zero-order chi connectivity index (χ0) is 9.07. The van der Waals surface area contributed by atoms with Gasteiger partial charge in [0.05, 0.1) is 12.1 Å². The van der Waals surface area contributed by atoms with Crippen LogP contribution in [0.25, 0.3) is 0 Å². The Labute approximate surface area is 64.3 Å². The molecule has 0 aromatic rings. The zero-order valence-electron chi connectivity index (χ0n) is 5.80. The van der Waals surface area contributed by atoms with Crippen LogP contribution in [0.5, 0.6) is 0 Å². The van der Waals surface area contributed by atoms with E-state index in [1.54, 1.807) is 0 Å². The molecule has 0 bridgehead atoms. The number of rotatable bonds is 4. The summed E-state index contributed by atoms with van der Waals surface area (Å²) in [5, 5.41) is 0. The SMILES string of the molecule is C[C@@H](OS(=O)(=O)O)[C@H](N)C=O. The molecular formula is C4H9NO5S. The summed E-state index contributed by atoms with van der Waals surface area (Å²) in [6, 6.07) is -1.06. The van der Waals surface area contributed by atoms with E-state index in [-0.39, 0.29) is 0 Å². The molecule has 0 amide bonds. The summed E-state index contributed by atoms with van der Waals surface area (Å²) in [5.74, 6) is 0. The average molecular weight is 183 g/mol. The second kappa shape index (κ2) is 3.77. The summed E-state index contributed by atoms with van der Waals surface area (Å²) in [6.45, 7) is 1.26. The second-order valence-corrected chi connectivity index (χ2v) is 2.99. The Hall–Kier alpha value is -0.500. The molecule has 0 spiro atoms. The summed E-state index contributed by atoms with van der Waals surface area (Å²) in [5.41, 5.74) is 5.06. The number of hydrogen-bond acceptors (Lipinski definition) is 5. The van der Waals surface area contributed by atoms with E-state index in [1.807, 2.05) is 0 Å². The van der Waals surface area contributed by atoms with E-state index in [9.17, 15) is 13.2 Å². The topological polar surface area (TPSA) is 107 Å². The molecule has 11 heavy (non-hydrogen) atoms. The lowest BCUT2D eigenvalue weighted by Gasteiger charge is -2.11. The van der Waals surface area contributed by atoms with Crippen molar-refractivity contribution in [3.8, 4) is 0 Å². The maximum Gasteiger partial charge on any atom is 0.397 e. The monoisotopic (exact) mass is 183 g/mol. The fraction of sp³-hybridized carbons (Fsp3) is 0.750. The van der Waals surface area contributed by atoms with Crippen LogP contribution in [-0.2, 0) is 19.4 Å². The van der Waals surface area contributed by atoms with E-state index in [0.29, 0.717) is 6.29 Å². The molecule has 3 N–H and O–H groups in total. The first-order valence-corrected chi connectivity index (χ1v) is 4.10. The average Bonchev–Trinajstić information content (AvgIpc) is 1.82. The van der Waals surface area contributed by atoms with Gasteiger partial charge in [0.15, 0.2) is 0 Å². The van der Waals surface area contributed by atoms with Crippen LogP contribution in [0.2, 0.25) is 0 Å². The molecule has 66 valence electrons. The van der Waals surface area contributed by atoms with Crippen LogP contribution in [0, 0.1) is 0 Å². The number of nitrogens with two attached hydrogens (primary N) is 1. The quantitative estimate of drug-likeness (QED) is 0.415. The summed E-state index contributed by atoms with van der Waals surface area (Å²) in [4.78, 5) is 9.95. The van der Waals surface area contributed by atoms with Crippen LogP contribution in [0.4, 0.5) is 0 Å². The van der Waals surface area contributed by atoms with Gasteiger partial charge in [-0.25, -0.2) is 4.18 Å². The van der Waals surface area contributed by atoms with Gasteiger partial charge in [0, 0.05) is 0 Å². The molecule has 0 aliphatic rings. The van der Waals surface area contributed by atoms with Gasteiger partial charge in [-0.2, -0.15) is 8.42 Å². The van der Waals surface area contributed by atoms with Gasteiger partial charge in [0.2, 0.25) is 0 Å². The highest BCUT2D eigenvalue weighted by atomic mass is 32.3.